The summed E-state index contributed by atoms with van der Waals surface area (Å²) in [6.45, 7) is 1.19. The molecule has 0 aliphatic carbocycles. The molecule has 0 atom stereocenters. The number of aromatic carboxylic acids is 1. The third-order valence-corrected chi connectivity index (χ3v) is 3.12. The highest BCUT2D eigenvalue weighted by atomic mass is 16.4. The van der Waals surface area contributed by atoms with E-state index < -0.39 is 11.5 Å². The number of aromatic nitrogens is 1. The average Bonchev–Trinajstić information content (AvgIpc) is 2.53. The molecule has 0 aliphatic heterocycles. The van der Waals surface area contributed by atoms with Gasteiger partial charge >= 0.3 is 5.97 Å². The normalized spacial score (nSPS) is 10.0. The number of aromatic amines is 1. The van der Waals surface area contributed by atoms with Gasteiger partial charge in [-0.25, -0.2) is 4.79 Å². The van der Waals surface area contributed by atoms with Crippen molar-refractivity contribution in [1.82, 2.24) is 10.3 Å². The Morgan fingerprint density at radius 3 is 2.29 bits per heavy atom. The van der Waals surface area contributed by atoms with Crippen LogP contribution in [0.25, 0.3) is 11.3 Å². The number of pyridine rings is 1. The Hall–Kier alpha value is -3.42. The number of hydrogen-bond donors (Lipinski definition) is 4. The van der Waals surface area contributed by atoms with E-state index in [1.807, 2.05) is 0 Å². The highest BCUT2D eigenvalue weighted by Gasteiger charge is 2.09. The van der Waals surface area contributed by atoms with Crippen LogP contribution in [-0.2, 0) is 9.59 Å². The van der Waals surface area contributed by atoms with E-state index in [0.29, 0.717) is 16.9 Å². The van der Waals surface area contributed by atoms with E-state index in [2.05, 4.69) is 15.6 Å². The van der Waals surface area contributed by atoms with Crippen LogP contribution in [0.15, 0.2) is 41.2 Å². The van der Waals surface area contributed by atoms with Crippen molar-refractivity contribution in [3.8, 4) is 11.3 Å². The molecule has 0 saturated carbocycles. The van der Waals surface area contributed by atoms with Gasteiger partial charge in [0, 0.05) is 18.3 Å². The van der Waals surface area contributed by atoms with E-state index >= 15 is 0 Å². The Kier molecular flexibility index (Phi) is 5.10. The van der Waals surface area contributed by atoms with Crippen molar-refractivity contribution in [2.45, 2.75) is 6.92 Å². The standard InChI is InChI=1S/C16H15N3O5/c1-9(20)17-8-14(21)18-11-4-2-10(3-5-11)13-7-6-12(16(23)24)15(22)19-13/h2-7H,8H2,1H3,(H,17,20)(H,18,21)(H,19,22)(H,23,24). The van der Waals surface area contributed by atoms with Crippen LogP contribution >= 0.6 is 0 Å². The molecular formula is C16H15N3O5. The molecule has 1 aromatic carbocycles. The Morgan fingerprint density at radius 1 is 1.08 bits per heavy atom. The van der Waals surface area contributed by atoms with E-state index in [1.165, 1.54) is 19.1 Å². The number of carboxylic acid groups (broad SMARTS) is 1. The smallest absolute Gasteiger partial charge is 0.341 e. The second-order valence-electron chi connectivity index (χ2n) is 4.96. The van der Waals surface area contributed by atoms with Gasteiger partial charge in [-0.05, 0) is 29.8 Å². The van der Waals surface area contributed by atoms with Gasteiger partial charge in [0.25, 0.3) is 5.56 Å². The van der Waals surface area contributed by atoms with Crippen molar-refractivity contribution >= 4 is 23.5 Å². The summed E-state index contributed by atoms with van der Waals surface area (Å²) >= 11 is 0. The maximum absolute atomic E-state index is 11.7. The number of carbonyl (C=O) groups is 3. The molecule has 0 radical (unpaired) electrons. The van der Waals surface area contributed by atoms with Crippen molar-refractivity contribution in [3.63, 3.8) is 0 Å². The largest absolute Gasteiger partial charge is 0.477 e. The summed E-state index contributed by atoms with van der Waals surface area (Å²) in [6.07, 6.45) is 0. The monoisotopic (exact) mass is 329 g/mol. The van der Waals surface area contributed by atoms with E-state index in [4.69, 9.17) is 5.11 Å². The predicted molar refractivity (Wildman–Crippen MR) is 86.8 cm³/mol. The van der Waals surface area contributed by atoms with E-state index in [-0.39, 0.29) is 23.9 Å². The SMILES string of the molecule is CC(=O)NCC(=O)Nc1ccc(-c2ccc(C(=O)O)c(=O)[nH]2)cc1. The summed E-state index contributed by atoms with van der Waals surface area (Å²) in [4.78, 5) is 47.3. The molecule has 0 unspecified atom stereocenters. The first-order valence-corrected chi connectivity index (χ1v) is 6.98. The third-order valence-electron chi connectivity index (χ3n) is 3.12. The number of carbonyl (C=O) groups excluding carboxylic acids is 2. The van der Waals surface area contributed by atoms with Gasteiger partial charge in [-0.3, -0.25) is 14.4 Å². The van der Waals surface area contributed by atoms with Crippen LogP contribution in [0.4, 0.5) is 5.69 Å². The van der Waals surface area contributed by atoms with E-state index in [9.17, 15) is 19.2 Å². The van der Waals surface area contributed by atoms with Gasteiger partial charge < -0.3 is 20.7 Å². The summed E-state index contributed by atoms with van der Waals surface area (Å²) in [6, 6.07) is 9.32. The van der Waals surface area contributed by atoms with Crippen molar-refractivity contribution in [2.75, 3.05) is 11.9 Å². The number of H-pyrrole nitrogens is 1. The minimum atomic E-state index is -1.29. The highest BCUT2D eigenvalue weighted by molar-refractivity contribution is 5.94. The fraction of sp³-hybridized carbons (Fsp3) is 0.125. The Balaban J connectivity index is 2.11. The topological polar surface area (TPSA) is 128 Å². The summed E-state index contributed by atoms with van der Waals surface area (Å²) in [5, 5.41) is 13.8. The maximum Gasteiger partial charge on any atom is 0.341 e. The number of rotatable bonds is 5. The molecule has 1 aromatic heterocycles. The molecule has 0 fully saturated rings. The van der Waals surface area contributed by atoms with Crippen molar-refractivity contribution in [2.24, 2.45) is 0 Å². The van der Waals surface area contributed by atoms with Gasteiger partial charge in [-0.1, -0.05) is 12.1 Å². The fourth-order valence-corrected chi connectivity index (χ4v) is 1.95. The first-order chi connectivity index (χ1) is 11.4. The molecule has 0 saturated heterocycles. The molecule has 124 valence electrons. The van der Waals surface area contributed by atoms with Gasteiger partial charge in [0.05, 0.1) is 6.54 Å². The molecule has 8 heteroatoms. The lowest BCUT2D eigenvalue weighted by atomic mass is 10.1. The maximum atomic E-state index is 11.7. The zero-order valence-corrected chi connectivity index (χ0v) is 12.8. The number of anilines is 1. The molecule has 2 rings (SSSR count). The zero-order valence-electron chi connectivity index (χ0n) is 12.8. The molecule has 0 aliphatic rings. The van der Waals surface area contributed by atoms with Gasteiger partial charge in [-0.15, -0.1) is 0 Å². The lowest BCUT2D eigenvalue weighted by Gasteiger charge is -2.07. The first-order valence-electron chi connectivity index (χ1n) is 6.98. The highest BCUT2D eigenvalue weighted by Crippen LogP contribution is 2.18. The van der Waals surface area contributed by atoms with Crippen LogP contribution in [0.1, 0.15) is 17.3 Å². The van der Waals surface area contributed by atoms with Gasteiger partial charge in [-0.2, -0.15) is 0 Å². The molecule has 2 amide bonds. The first kappa shape index (κ1) is 16.9. The second kappa shape index (κ2) is 7.23. The van der Waals surface area contributed by atoms with Crippen LogP contribution < -0.4 is 16.2 Å². The summed E-state index contributed by atoms with van der Waals surface area (Å²) in [5.74, 6) is -1.95. The molecule has 24 heavy (non-hydrogen) atoms. The van der Waals surface area contributed by atoms with Crippen LogP contribution in [0.3, 0.4) is 0 Å². The Morgan fingerprint density at radius 2 is 1.75 bits per heavy atom. The number of benzene rings is 1. The van der Waals surface area contributed by atoms with Crippen LogP contribution in [-0.4, -0.2) is 34.4 Å². The van der Waals surface area contributed by atoms with Gasteiger partial charge in [0.2, 0.25) is 11.8 Å². The van der Waals surface area contributed by atoms with Crippen LogP contribution in [0, 0.1) is 0 Å². The fourth-order valence-electron chi connectivity index (χ4n) is 1.95. The lowest BCUT2D eigenvalue weighted by Crippen LogP contribution is -2.31. The quantitative estimate of drug-likeness (QED) is 0.645. The number of carboxylic acids is 1. The van der Waals surface area contributed by atoms with E-state index in [0.717, 1.165) is 0 Å². The molecule has 0 spiro atoms. The number of hydrogen-bond acceptors (Lipinski definition) is 4. The minimum Gasteiger partial charge on any atom is -0.477 e. The van der Waals surface area contributed by atoms with Crippen molar-refractivity contribution < 1.29 is 19.5 Å². The zero-order chi connectivity index (χ0) is 17.7. The summed E-state index contributed by atoms with van der Waals surface area (Å²) in [7, 11) is 0. The summed E-state index contributed by atoms with van der Waals surface area (Å²) in [5.41, 5.74) is 0.622. The van der Waals surface area contributed by atoms with Crippen LogP contribution in [0.2, 0.25) is 0 Å². The van der Waals surface area contributed by atoms with Crippen molar-refractivity contribution in [3.05, 3.63) is 52.3 Å². The van der Waals surface area contributed by atoms with Crippen molar-refractivity contribution in [1.29, 1.82) is 0 Å². The molecule has 8 nitrogen and oxygen atoms in total. The lowest BCUT2D eigenvalue weighted by molar-refractivity contribution is -0.122. The molecule has 0 bridgehead atoms. The Bertz CT molecular complexity index is 840. The molecule has 2 aromatic rings. The van der Waals surface area contributed by atoms with E-state index in [1.54, 1.807) is 24.3 Å². The molecular weight excluding hydrogens is 314 g/mol. The molecule has 4 N–H and O–H groups in total. The third kappa shape index (κ3) is 4.29. The Labute approximate surface area is 136 Å². The average molecular weight is 329 g/mol. The second-order valence-corrected chi connectivity index (χ2v) is 4.96. The van der Waals surface area contributed by atoms with Gasteiger partial charge in [0.15, 0.2) is 0 Å². The van der Waals surface area contributed by atoms with Gasteiger partial charge in [0.1, 0.15) is 5.56 Å². The predicted octanol–water partition coefficient (Wildman–Crippen LogP) is 0.815. The van der Waals surface area contributed by atoms with Crippen LogP contribution in [0.5, 0.6) is 0 Å². The summed E-state index contributed by atoms with van der Waals surface area (Å²) < 4.78 is 0. The molecule has 1 heterocycles. The minimum absolute atomic E-state index is 0.124. The number of amides is 2. The number of nitrogens with one attached hydrogen (secondary N) is 3.